The summed E-state index contributed by atoms with van der Waals surface area (Å²) in [6.45, 7) is 4.03. The van der Waals surface area contributed by atoms with Gasteiger partial charge in [-0.2, -0.15) is 0 Å². The van der Waals surface area contributed by atoms with Gasteiger partial charge in [-0.05, 0) is 50.2 Å². The third-order valence-corrected chi connectivity index (χ3v) is 3.14. The van der Waals surface area contributed by atoms with Crippen molar-refractivity contribution in [3.05, 3.63) is 42.6 Å². The van der Waals surface area contributed by atoms with Crippen LogP contribution in [0.25, 0.3) is 0 Å². The molecule has 0 bridgehead atoms. The van der Waals surface area contributed by atoms with E-state index in [0.717, 1.165) is 15.7 Å². The van der Waals surface area contributed by atoms with Gasteiger partial charge < -0.3 is 10.5 Å². The van der Waals surface area contributed by atoms with Gasteiger partial charge in [0.25, 0.3) is 0 Å². The van der Waals surface area contributed by atoms with E-state index in [1.807, 2.05) is 50.2 Å². The molecule has 0 atom stereocenters. The first-order valence-electron chi connectivity index (χ1n) is 5.79. The molecule has 94 valence electrons. The first-order chi connectivity index (χ1) is 8.63. The van der Waals surface area contributed by atoms with Crippen molar-refractivity contribution in [1.29, 1.82) is 0 Å². The Kier molecular flexibility index (Phi) is 4.10. The van der Waals surface area contributed by atoms with E-state index in [0.29, 0.717) is 5.69 Å². The highest BCUT2D eigenvalue weighted by molar-refractivity contribution is 7.99. The number of hydrogen-bond acceptors (Lipinski definition) is 4. The highest BCUT2D eigenvalue weighted by atomic mass is 32.2. The first-order valence-corrected chi connectivity index (χ1v) is 6.61. The molecule has 0 amide bonds. The quantitative estimate of drug-likeness (QED) is 0.912. The van der Waals surface area contributed by atoms with Crippen molar-refractivity contribution in [3.8, 4) is 5.75 Å². The smallest absolute Gasteiger partial charge is 0.119 e. The second-order valence-corrected chi connectivity index (χ2v) is 5.26. The minimum absolute atomic E-state index is 0.197. The fourth-order valence-corrected chi connectivity index (χ4v) is 2.19. The highest BCUT2D eigenvalue weighted by Crippen LogP contribution is 2.27. The molecule has 0 aliphatic heterocycles. The fourth-order valence-electron chi connectivity index (χ4n) is 1.43. The van der Waals surface area contributed by atoms with Crippen LogP contribution in [0.1, 0.15) is 13.8 Å². The van der Waals surface area contributed by atoms with Crippen LogP contribution in [0.15, 0.2) is 52.5 Å². The maximum absolute atomic E-state index is 5.60. The lowest BCUT2D eigenvalue weighted by Crippen LogP contribution is -2.04. The molecule has 18 heavy (non-hydrogen) atoms. The molecule has 2 N–H and O–H groups in total. The van der Waals surface area contributed by atoms with Gasteiger partial charge in [0.05, 0.1) is 18.0 Å². The lowest BCUT2D eigenvalue weighted by atomic mass is 10.3. The molecule has 2 aromatic rings. The van der Waals surface area contributed by atoms with Crippen molar-refractivity contribution in [2.24, 2.45) is 0 Å². The molecule has 4 heteroatoms. The van der Waals surface area contributed by atoms with Gasteiger partial charge in [0.2, 0.25) is 0 Å². The zero-order valence-electron chi connectivity index (χ0n) is 10.5. The van der Waals surface area contributed by atoms with E-state index < -0.39 is 0 Å². The Morgan fingerprint density at radius 1 is 1.11 bits per heavy atom. The SMILES string of the molecule is CC(C)Oc1ccc(Sc2ccc(N)cn2)cc1. The molecular formula is C14H16N2OS. The van der Waals surface area contributed by atoms with Crippen molar-refractivity contribution in [3.63, 3.8) is 0 Å². The minimum Gasteiger partial charge on any atom is -0.491 e. The van der Waals surface area contributed by atoms with Crippen LogP contribution in [0.4, 0.5) is 5.69 Å². The Hall–Kier alpha value is -1.68. The second-order valence-electron chi connectivity index (χ2n) is 4.17. The van der Waals surface area contributed by atoms with E-state index in [4.69, 9.17) is 10.5 Å². The van der Waals surface area contributed by atoms with E-state index in [1.54, 1.807) is 18.0 Å². The number of nitrogen functional groups attached to an aromatic ring is 1. The topological polar surface area (TPSA) is 48.1 Å². The predicted molar refractivity (Wildman–Crippen MR) is 75.0 cm³/mol. The largest absolute Gasteiger partial charge is 0.491 e. The fraction of sp³-hybridized carbons (Fsp3) is 0.214. The monoisotopic (exact) mass is 260 g/mol. The standard InChI is InChI=1S/C14H16N2OS/c1-10(2)17-12-4-6-13(7-5-12)18-14-8-3-11(15)9-16-14/h3-10H,15H2,1-2H3. The van der Waals surface area contributed by atoms with Gasteiger partial charge >= 0.3 is 0 Å². The minimum atomic E-state index is 0.197. The lowest BCUT2D eigenvalue weighted by molar-refractivity contribution is 0.242. The summed E-state index contributed by atoms with van der Waals surface area (Å²) in [7, 11) is 0. The van der Waals surface area contributed by atoms with Gasteiger partial charge in [0, 0.05) is 4.90 Å². The first kappa shape index (κ1) is 12.8. The zero-order valence-corrected chi connectivity index (χ0v) is 11.3. The Bertz CT molecular complexity index is 494. The summed E-state index contributed by atoms with van der Waals surface area (Å²) < 4.78 is 5.59. The van der Waals surface area contributed by atoms with Crippen LogP contribution < -0.4 is 10.5 Å². The van der Waals surface area contributed by atoms with Gasteiger partial charge in [-0.25, -0.2) is 4.98 Å². The van der Waals surface area contributed by atoms with E-state index >= 15 is 0 Å². The average Bonchev–Trinajstić information content (AvgIpc) is 2.34. The Morgan fingerprint density at radius 2 is 1.83 bits per heavy atom. The van der Waals surface area contributed by atoms with Gasteiger partial charge in [0.15, 0.2) is 0 Å². The van der Waals surface area contributed by atoms with Crippen molar-refractivity contribution in [1.82, 2.24) is 4.98 Å². The summed E-state index contributed by atoms with van der Waals surface area (Å²) in [5.41, 5.74) is 6.28. The van der Waals surface area contributed by atoms with E-state index in [-0.39, 0.29) is 6.10 Å². The maximum atomic E-state index is 5.60. The van der Waals surface area contributed by atoms with Crippen molar-refractivity contribution < 1.29 is 4.74 Å². The summed E-state index contributed by atoms with van der Waals surface area (Å²) in [5.74, 6) is 0.889. The number of ether oxygens (including phenoxy) is 1. The van der Waals surface area contributed by atoms with E-state index in [2.05, 4.69) is 4.98 Å². The number of rotatable bonds is 4. The van der Waals surface area contributed by atoms with E-state index in [1.165, 1.54) is 0 Å². The number of nitrogens with two attached hydrogens (primary N) is 1. The third kappa shape index (κ3) is 3.67. The summed E-state index contributed by atoms with van der Waals surface area (Å²) in [6, 6.07) is 11.8. The molecule has 1 aromatic carbocycles. The Balaban J connectivity index is 2.04. The molecule has 0 aliphatic carbocycles. The summed E-state index contributed by atoms with van der Waals surface area (Å²) in [6.07, 6.45) is 1.86. The van der Waals surface area contributed by atoms with Gasteiger partial charge in [-0.15, -0.1) is 0 Å². The number of pyridine rings is 1. The van der Waals surface area contributed by atoms with Crippen LogP contribution in [0.2, 0.25) is 0 Å². The molecule has 0 saturated heterocycles. The van der Waals surface area contributed by atoms with E-state index in [9.17, 15) is 0 Å². The van der Waals surface area contributed by atoms with Gasteiger partial charge in [-0.1, -0.05) is 11.8 Å². The lowest BCUT2D eigenvalue weighted by Gasteiger charge is -2.09. The molecule has 3 nitrogen and oxygen atoms in total. The molecule has 1 heterocycles. The third-order valence-electron chi connectivity index (χ3n) is 2.18. The molecule has 0 spiro atoms. The highest BCUT2D eigenvalue weighted by Gasteiger charge is 2.01. The van der Waals surface area contributed by atoms with Crippen LogP contribution in [0.5, 0.6) is 5.75 Å². The summed E-state index contributed by atoms with van der Waals surface area (Å²) >= 11 is 1.60. The Labute approximate surface area is 111 Å². The van der Waals surface area contributed by atoms with Crippen LogP contribution in [-0.4, -0.2) is 11.1 Å². The molecule has 0 saturated carbocycles. The second kappa shape index (κ2) is 5.78. The molecule has 0 aliphatic rings. The maximum Gasteiger partial charge on any atom is 0.119 e. The zero-order chi connectivity index (χ0) is 13.0. The van der Waals surface area contributed by atoms with Crippen LogP contribution >= 0.6 is 11.8 Å². The number of nitrogens with zero attached hydrogens (tertiary/aromatic N) is 1. The normalized spacial score (nSPS) is 10.6. The number of anilines is 1. The van der Waals surface area contributed by atoms with Crippen LogP contribution in [0, 0.1) is 0 Å². The molecule has 0 radical (unpaired) electrons. The van der Waals surface area contributed by atoms with Crippen LogP contribution in [0.3, 0.4) is 0 Å². The molecule has 0 fully saturated rings. The molecule has 0 unspecified atom stereocenters. The number of aromatic nitrogens is 1. The summed E-state index contributed by atoms with van der Waals surface area (Å²) in [4.78, 5) is 5.38. The van der Waals surface area contributed by atoms with Crippen molar-refractivity contribution >= 4 is 17.4 Å². The number of hydrogen-bond donors (Lipinski definition) is 1. The van der Waals surface area contributed by atoms with Gasteiger partial charge in [-0.3, -0.25) is 0 Å². The molecule has 1 aromatic heterocycles. The molecule has 2 rings (SSSR count). The van der Waals surface area contributed by atoms with Crippen LogP contribution in [-0.2, 0) is 0 Å². The van der Waals surface area contributed by atoms with Crippen molar-refractivity contribution in [2.45, 2.75) is 29.9 Å². The predicted octanol–water partition coefficient (Wildman–Crippen LogP) is 3.60. The Morgan fingerprint density at radius 3 is 2.39 bits per heavy atom. The molecular weight excluding hydrogens is 244 g/mol. The average molecular weight is 260 g/mol. The number of benzene rings is 1. The van der Waals surface area contributed by atoms with Crippen molar-refractivity contribution in [2.75, 3.05) is 5.73 Å². The van der Waals surface area contributed by atoms with Gasteiger partial charge in [0.1, 0.15) is 10.8 Å². The summed E-state index contributed by atoms with van der Waals surface area (Å²) in [5, 5.41) is 0.932.